The van der Waals surface area contributed by atoms with Gasteiger partial charge in [-0.2, -0.15) is 0 Å². The number of hydrogen-bond acceptors (Lipinski definition) is 4. The van der Waals surface area contributed by atoms with Crippen molar-refractivity contribution in [1.29, 1.82) is 0 Å². The van der Waals surface area contributed by atoms with Crippen LogP contribution in [0.1, 0.15) is 15.9 Å². The molecule has 2 rings (SSSR count). The molecule has 0 aliphatic rings. The Labute approximate surface area is 146 Å². The summed E-state index contributed by atoms with van der Waals surface area (Å²) in [7, 11) is 1.60. The molecule has 25 heavy (non-hydrogen) atoms. The van der Waals surface area contributed by atoms with Crippen molar-refractivity contribution < 1.29 is 19.1 Å². The minimum atomic E-state index is -0.512. The number of primary amides is 1. The molecule has 0 radical (unpaired) electrons. The van der Waals surface area contributed by atoms with E-state index in [0.717, 1.165) is 11.3 Å². The van der Waals surface area contributed by atoms with E-state index in [4.69, 9.17) is 15.2 Å². The molecular formula is C19H20N2O4. The molecule has 0 spiro atoms. The van der Waals surface area contributed by atoms with Gasteiger partial charge in [0.25, 0.3) is 0 Å². The van der Waals surface area contributed by atoms with E-state index in [1.165, 1.54) is 6.08 Å². The van der Waals surface area contributed by atoms with Crippen LogP contribution in [0.5, 0.6) is 11.5 Å². The number of carbonyl (C=O) groups is 2. The molecule has 0 saturated carbocycles. The first-order chi connectivity index (χ1) is 12.1. The maximum atomic E-state index is 11.8. The van der Waals surface area contributed by atoms with Crippen LogP contribution < -0.4 is 20.5 Å². The second-order valence-electron chi connectivity index (χ2n) is 5.14. The molecular weight excluding hydrogens is 320 g/mol. The van der Waals surface area contributed by atoms with Gasteiger partial charge in [-0.1, -0.05) is 18.2 Å². The van der Waals surface area contributed by atoms with Crippen LogP contribution in [-0.4, -0.2) is 32.1 Å². The van der Waals surface area contributed by atoms with Gasteiger partial charge in [-0.05, 0) is 42.0 Å². The monoisotopic (exact) mass is 340 g/mol. The Kier molecular flexibility index (Phi) is 6.59. The summed E-state index contributed by atoms with van der Waals surface area (Å²) in [5.74, 6) is 0.561. The Morgan fingerprint density at radius 2 is 1.88 bits per heavy atom. The average Bonchev–Trinajstić information content (AvgIpc) is 2.64. The average molecular weight is 340 g/mol. The normalized spacial score (nSPS) is 10.4. The summed E-state index contributed by atoms with van der Waals surface area (Å²) in [5.41, 5.74) is 6.49. The van der Waals surface area contributed by atoms with Gasteiger partial charge in [0.05, 0.1) is 13.7 Å². The van der Waals surface area contributed by atoms with Gasteiger partial charge >= 0.3 is 0 Å². The second-order valence-corrected chi connectivity index (χ2v) is 5.14. The van der Waals surface area contributed by atoms with E-state index in [1.807, 2.05) is 24.3 Å². The molecule has 0 atom stereocenters. The minimum Gasteiger partial charge on any atom is -0.497 e. The lowest BCUT2D eigenvalue weighted by molar-refractivity contribution is -0.116. The van der Waals surface area contributed by atoms with Crippen LogP contribution in [0.2, 0.25) is 0 Å². The van der Waals surface area contributed by atoms with Gasteiger partial charge in [0.1, 0.15) is 18.1 Å². The summed E-state index contributed by atoms with van der Waals surface area (Å²) >= 11 is 0. The zero-order valence-electron chi connectivity index (χ0n) is 13.9. The van der Waals surface area contributed by atoms with Crippen LogP contribution in [0.25, 0.3) is 6.08 Å². The van der Waals surface area contributed by atoms with Crippen molar-refractivity contribution in [2.75, 3.05) is 20.3 Å². The molecule has 0 aliphatic carbocycles. The third-order valence-electron chi connectivity index (χ3n) is 3.33. The number of ether oxygens (including phenoxy) is 2. The third-order valence-corrected chi connectivity index (χ3v) is 3.33. The Morgan fingerprint density at radius 1 is 1.12 bits per heavy atom. The summed E-state index contributed by atoms with van der Waals surface area (Å²) in [5, 5.41) is 2.72. The van der Waals surface area contributed by atoms with Crippen LogP contribution in [0.15, 0.2) is 54.6 Å². The van der Waals surface area contributed by atoms with E-state index < -0.39 is 5.91 Å². The van der Waals surface area contributed by atoms with Crippen LogP contribution in [0.4, 0.5) is 0 Å². The standard InChI is InChI=1S/C19H20N2O4/c1-24-16-8-5-14(6-9-16)7-10-18(22)21-11-12-25-17-4-2-3-15(13-17)19(20)23/h2-10,13H,11-12H2,1H3,(H2,20,23)(H,21,22). The molecule has 0 bridgehead atoms. The van der Waals surface area contributed by atoms with E-state index in [-0.39, 0.29) is 12.5 Å². The quantitative estimate of drug-likeness (QED) is 0.568. The first kappa shape index (κ1) is 18.1. The number of methoxy groups -OCH3 is 1. The van der Waals surface area contributed by atoms with Gasteiger partial charge in [-0.15, -0.1) is 0 Å². The fourth-order valence-electron chi connectivity index (χ4n) is 2.03. The van der Waals surface area contributed by atoms with Crippen molar-refractivity contribution in [3.05, 3.63) is 65.7 Å². The molecule has 2 aromatic rings. The summed E-state index contributed by atoms with van der Waals surface area (Å²) in [6, 6.07) is 13.9. The molecule has 0 heterocycles. The lowest BCUT2D eigenvalue weighted by Crippen LogP contribution is -2.26. The van der Waals surface area contributed by atoms with Gasteiger partial charge in [0.15, 0.2) is 0 Å². The van der Waals surface area contributed by atoms with E-state index >= 15 is 0 Å². The fourth-order valence-corrected chi connectivity index (χ4v) is 2.03. The lowest BCUT2D eigenvalue weighted by atomic mass is 10.2. The largest absolute Gasteiger partial charge is 0.497 e. The molecule has 6 nitrogen and oxygen atoms in total. The van der Waals surface area contributed by atoms with Crippen molar-refractivity contribution in [2.24, 2.45) is 5.73 Å². The van der Waals surface area contributed by atoms with Crippen LogP contribution in [-0.2, 0) is 4.79 Å². The number of hydrogen-bond donors (Lipinski definition) is 2. The second kappa shape index (κ2) is 9.12. The maximum Gasteiger partial charge on any atom is 0.248 e. The van der Waals surface area contributed by atoms with Gasteiger partial charge in [-0.3, -0.25) is 9.59 Å². The molecule has 0 aromatic heterocycles. The van der Waals surface area contributed by atoms with Crippen LogP contribution in [0.3, 0.4) is 0 Å². The number of amides is 2. The molecule has 3 N–H and O–H groups in total. The van der Waals surface area contributed by atoms with Crippen LogP contribution in [0, 0.1) is 0 Å². The predicted molar refractivity (Wildman–Crippen MR) is 95.5 cm³/mol. The van der Waals surface area contributed by atoms with Crippen molar-refractivity contribution in [3.8, 4) is 11.5 Å². The Morgan fingerprint density at radius 3 is 2.56 bits per heavy atom. The summed E-state index contributed by atoms with van der Waals surface area (Å²) in [6.07, 6.45) is 3.17. The molecule has 0 unspecified atom stereocenters. The van der Waals surface area contributed by atoms with Gasteiger partial charge in [-0.25, -0.2) is 0 Å². The highest BCUT2D eigenvalue weighted by molar-refractivity contribution is 5.93. The molecule has 130 valence electrons. The summed E-state index contributed by atoms with van der Waals surface area (Å²) in [6.45, 7) is 0.622. The SMILES string of the molecule is COc1ccc(C=CC(=O)NCCOc2cccc(C(N)=O)c2)cc1. The smallest absolute Gasteiger partial charge is 0.248 e. The van der Waals surface area contributed by atoms with E-state index in [0.29, 0.717) is 17.9 Å². The molecule has 0 fully saturated rings. The van der Waals surface area contributed by atoms with E-state index in [9.17, 15) is 9.59 Å². The topological polar surface area (TPSA) is 90.7 Å². The highest BCUT2D eigenvalue weighted by atomic mass is 16.5. The van der Waals surface area contributed by atoms with Crippen molar-refractivity contribution in [3.63, 3.8) is 0 Å². The zero-order valence-corrected chi connectivity index (χ0v) is 13.9. The number of nitrogens with one attached hydrogen (secondary N) is 1. The molecule has 0 aliphatic heterocycles. The number of rotatable bonds is 8. The Hall–Kier alpha value is -3.28. The number of nitrogens with two attached hydrogens (primary N) is 1. The first-order valence-electron chi connectivity index (χ1n) is 7.71. The highest BCUT2D eigenvalue weighted by Crippen LogP contribution is 2.13. The number of benzene rings is 2. The van der Waals surface area contributed by atoms with E-state index in [2.05, 4.69) is 5.32 Å². The van der Waals surface area contributed by atoms with Crippen molar-refractivity contribution >= 4 is 17.9 Å². The Bertz CT molecular complexity index is 754. The van der Waals surface area contributed by atoms with Crippen molar-refractivity contribution in [2.45, 2.75) is 0 Å². The molecule has 0 saturated heterocycles. The van der Waals surface area contributed by atoms with Gasteiger partial charge in [0, 0.05) is 11.6 Å². The number of carbonyl (C=O) groups excluding carboxylic acids is 2. The summed E-state index contributed by atoms with van der Waals surface area (Å²) in [4.78, 5) is 22.8. The van der Waals surface area contributed by atoms with Crippen molar-refractivity contribution in [1.82, 2.24) is 5.32 Å². The molecule has 6 heteroatoms. The van der Waals surface area contributed by atoms with E-state index in [1.54, 1.807) is 37.5 Å². The maximum absolute atomic E-state index is 11.8. The summed E-state index contributed by atoms with van der Waals surface area (Å²) < 4.78 is 10.5. The molecule has 2 amide bonds. The van der Waals surface area contributed by atoms with Gasteiger partial charge in [0.2, 0.25) is 11.8 Å². The predicted octanol–water partition coefficient (Wildman–Crippen LogP) is 2.00. The lowest BCUT2D eigenvalue weighted by Gasteiger charge is -2.07. The zero-order chi connectivity index (χ0) is 18.1. The molecule has 2 aromatic carbocycles. The fraction of sp³-hybridized carbons (Fsp3) is 0.158. The van der Waals surface area contributed by atoms with Crippen LogP contribution >= 0.6 is 0 Å². The minimum absolute atomic E-state index is 0.217. The Balaban J connectivity index is 1.73. The van der Waals surface area contributed by atoms with Gasteiger partial charge < -0.3 is 20.5 Å². The third kappa shape index (κ3) is 6.02. The highest BCUT2D eigenvalue weighted by Gasteiger charge is 2.02. The first-order valence-corrected chi connectivity index (χ1v) is 7.71.